The molecule has 2 aromatic carbocycles. The maximum absolute atomic E-state index is 13.3. The Bertz CT molecular complexity index is 945. The highest BCUT2D eigenvalue weighted by atomic mass is 19.1. The summed E-state index contributed by atoms with van der Waals surface area (Å²) in [4.78, 5) is 12.1. The number of fused-ring (bicyclic) bond motifs is 1. The van der Waals surface area contributed by atoms with E-state index in [1.54, 1.807) is 12.3 Å². The molecule has 0 aliphatic heterocycles. The van der Waals surface area contributed by atoms with Crippen molar-refractivity contribution in [2.24, 2.45) is 0 Å². The summed E-state index contributed by atoms with van der Waals surface area (Å²) in [5.41, 5.74) is 4.24. The molecule has 0 aliphatic carbocycles. The van der Waals surface area contributed by atoms with Crippen LogP contribution in [0.5, 0.6) is 0 Å². The van der Waals surface area contributed by atoms with Gasteiger partial charge in [-0.05, 0) is 30.3 Å². The molecule has 3 nitrogen and oxygen atoms in total. The third-order valence-corrected chi connectivity index (χ3v) is 3.57. The van der Waals surface area contributed by atoms with E-state index < -0.39 is 0 Å². The smallest absolute Gasteiger partial charge is 0.139 e. The first kappa shape index (κ1) is 12.7. The molecule has 0 aliphatic rings. The summed E-state index contributed by atoms with van der Waals surface area (Å²) in [7, 11) is 0. The SMILES string of the molecule is Fc1ccc2nc(-c3ccccc3-c3ccccn3)[nH]c2c1. The van der Waals surface area contributed by atoms with Gasteiger partial charge in [-0.15, -0.1) is 0 Å². The van der Waals surface area contributed by atoms with E-state index in [4.69, 9.17) is 0 Å². The molecule has 4 rings (SSSR count). The van der Waals surface area contributed by atoms with E-state index in [2.05, 4.69) is 15.0 Å². The molecule has 4 heteroatoms. The Morgan fingerprint density at radius 2 is 1.68 bits per heavy atom. The zero-order valence-electron chi connectivity index (χ0n) is 11.6. The molecule has 2 aromatic heterocycles. The fraction of sp³-hybridized carbons (Fsp3) is 0. The van der Waals surface area contributed by atoms with Crippen molar-refractivity contribution in [1.29, 1.82) is 0 Å². The van der Waals surface area contributed by atoms with E-state index >= 15 is 0 Å². The standard InChI is InChI=1S/C18H12FN3/c19-12-8-9-16-17(11-12)22-18(21-16)14-6-2-1-5-13(14)15-7-3-4-10-20-15/h1-11H,(H,21,22). The van der Waals surface area contributed by atoms with Gasteiger partial charge in [0.2, 0.25) is 0 Å². The third-order valence-electron chi connectivity index (χ3n) is 3.57. The largest absolute Gasteiger partial charge is 0.338 e. The van der Waals surface area contributed by atoms with Crippen molar-refractivity contribution in [3.05, 3.63) is 72.7 Å². The number of rotatable bonds is 2. The molecular weight excluding hydrogens is 277 g/mol. The zero-order valence-corrected chi connectivity index (χ0v) is 11.6. The van der Waals surface area contributed by atoms with Gasteiger partial charge in [0, 0.05) is 17.3 Å². The lowest BCUT2D eigenvalue weighted by Crippen LogP contribution is -1.88. The minimum absolute atomic E-state index is 0.277. The lowest BCUT2D eigenvalue weighted by Gasteiger charge is -2.06. The summed E-state index contributed by atoms with van der Waals surface area (Å²) in [6.45, 7) is 0. The van der Waals surface area contributed by atoms with Crippen LogP contribution in [-0.4, -0.2) is 15.0 Å². The van der Waals surface area contributed by atoms with Gasteiger partial charge in [0.1, 0.15) is 11.6 Å². The van der Waals surface area contributed by atoms with Gasteiger partial charge in [-0.2, -0.15) is 0 Å². The molecule has 0 amide bonds. The normalized spacial score (nSPS) is 11.0. The van der Waals surface area contributed by atoms with E-state index in [0.29, 0.717) is 11.3 Å². The average Bonchev–Trinajstić information content (AvgIpc) is 2.98. The summed E-state index contributed by atoms with van der Waals surface area (Å²) >= 11 is 0. The molecule has 0 saturated carbocycles. The first-order valence-electron chi connectivity index (χ1n) is 6.97. The van der Waals surface area contributed by atoms with Gasteiger partial charge in [-0.25, -0.2) is 9.37 Å². The zero-order chi connectivity index (χ0) is 14.9. The maximum atomic E-state index is 13.3. The number of aromatic nitrogens is 3. The molecule has 1 N–H and O–H groups in total. The monoisotopic (exact) mass is 289 g/mol. The maximum Gasteiger partial charge on any atom is 0.139 e. The number of nitrogens with zero attached hydrogens (tertiary/aromatic N) is 2. The Labute approximate surface area is 126 Å². The molecular formula is C18H12FN3. The number of halogens is 1. The molecule has 0 unspecified atom stereocenters. The van der Waals surface area contributed by atoms with Crippen LogP contribution in [0.4, 0.5) is 4.39 Å². The fourth-order valence-corrected chi connectivity index (χ4v) is 2.54. The van der Waals surface area contributed by atoms with Crippen LogP contribution in [0.2, 0.25) is 0 Å². The van der Waals surface area contributed by atoms with Gasteiger partial charge in [0.15, 0.2) is 0 Å². The quantitative estimate of drug-likeness (QED) is 0.593. The van der Waals surface area contributed by atoms with E-state index in [-0.39, 0.29) is 5.82 Å². The highest BCUT2D eigenvalue weighted by Gasteiger charge is 2.11. The molecule has 0 saturated heterocycles. The number of H-pyrrole nitrogens is 1. The van der Waals surface area contributed by atoms with Crippen molar-refractivity contribution in [2.75, 3.05) is 0 Å². The van der Waals surface area contributed by atoms with Gasteiger partial charge in [0.05, 0.1) is 16.7 Å². The summed E-state index contributed by atoms with van der Waals surface area (Å²) in [6.07, 6.45) is 1.76. The lowest BCUT2D eigenvalue weighted by atomic mass is 10.0. The summed E-state index contributed by atoms with van der Waals surface area (Å²) in [5, 5.41) is 0. The first-order valence-corrected chi connectivity index (χ1v) is 6.97. The van der Waals surface area contributed by atoms with E-state index in [0.717, 1.165) is 22.3 Å². The molecule has 106 valence electrons. The van der Waals surface area contributed by atoms with Crippen LogP contribution >= 0.6 is 0 Å². The summed E-state index contributed by atoms with van der Waals surface area (Å²) in [5.74, 6) is 0.433. The number of hydrogen-bond acceptors (Lipinski definition) is 2. The van der Waals surface area contributed by atoms with Gasteiger partial charge >= 0.3 is 0 Å². The molecule has 0 fully saturated rings. The average molecular weight is 289 g/mol. The summed E-state index contributed by atoms with van der Waals surface area (Å²) in [6, 6.07) is 18.3. The molecule has 0 spiro atoms. The molecule has 22 heavy (non-hydrogen) atoms. The van der Waals surface area contributed by atoms with Crippen LogP contribution < -0.4 is 0 Å². The number of benzene rings is 2. The molecule has 0 bridgehead atoms. The van der Waals surface area contributed by atoms with Gasteiger partial charge in [-0.1, -0.05) is 30.3 Å². The highest BCUT2D eigenvalue weighted by molar-refractivity contribution is 5.84. The third kappa shape index (κ3) is 2.15. The Hall–Kier alpha value is -3.01. The van der Waals surface area contributed by atoms with Crippen LogP contribution in [-0.2, 0) is 0 Å². The Morgan fingerprint density at radius 1 is 0.864 bits per heavy atom. The summed E-state index contributed by atoms with van der Waals surface area (Å²) < 4.78 is 13.3. The van der Waals surface area contributed by atoms with Crippen LogP contribution in [0, 0.1) is 5.82 Å². The highest BCUT2D eigenvalue weighted by Crippen LogP contribution is 2.30. The van der Waals surface area contributed by atoms with Crippen molar-refractivity contribution < 1.29 is 4.39 Å². The lowest BCUT2D eigenvalue weighted by molar-refractivity contribution is 0.629. The van der Waals surface area contributed by atoms with Crippen molar-refractivity contribution in [2.45, 2.75) is 0 Å². The molecule has 2 heterocycles. The second-order valence-electron chi connectivity index (χ2n) is 5.01. The topological polar surface area (TPSA) is 41.6 Å². The van der Waals surface area contributed by atoms with Crippen molar-refractivity contribution in [3.8, 4) is 22.6 Å². The molecule has 0 atom stereocenters. The molecule has 0 radical (unpaired) electrons. The van der Waals surface area contributed by atoms with Gasteiger partial charge in [-0.3, -0.25) is 4.98 Å². The number of pyridine rings is 1. The number of imidazole rings is 1. The molecule has 4 aromatic rings. The number of aromatic amines is 1. The van der Waals surface area contributed by atoms with Gasteiger partial charge < -0.3 is 4.98 Å². The Kier molecular flexibility index (Phi) is 2.93. The second-order valence-corrected chi connectivity index (χ2v) is 5.01. The predicted molar refractivity (Wildman–Crippen MR) is 84.7 cm³/mol. The predicted octanol–water partition coefficient (Wildman–Crippen LogP) is 4.43. The van der Waals surface area contributed by atoms with Crippen LogP contribution in [0.1, 0.15) is 0 Å². The number of hydrogen-bond donors (Lipinski definition) is 1. The fourth-order valence-electron chi connectivity index (χ4n) is 2.54. The van der Waals surface area contributed by atoms with Crippen molar-refractivity contribution >= 4 is 11.0 Å². The number of nitrogens with one attached hydrogen (secondary N) is 1. The van der Waals surface area contributed by atoms with E-state index in [9.17, 15) is 4.39 Å². The van der Waals surface area contributed by atoms with E-state index in [1.807, 2.05) is 42.5 Å². The van der Waals surface area contributed by atoms with Crippen LogP contribution in [0.15, 0.2) is 66.9 Å². The minimum Gasteiger partial charge on any atom is -0.338 e. The van der Waals surface area contributed by atoms with Crippen LogP contribution in [0.3, 0.4) is 0 Å². The van der Waals surface area contributed by atoms with Gasteiger partial charge in [0.25, 0.3) is 0 Å². The van der Waals surface area contributed by atoms with Crippen molar-refractivity contribution in [1.82, 2.24) is 15.0 Å². The Balaban J connectivity index is 1.92. The minimum atomic E-state index is -0.277. The van der Waals surface area contributed by atoms with Crippen LogP contribution in [0.25, 0.3) is 33.7 Å². The first-order chi connectivity index (χ1) is 10.8. The van der Waals surface area contributed by atoms with E-state index in [1.165, 1.54) is 12.1 Å². The second kappa shape index (κ2) is 5.07. The van der Waals surface area contributed by atoms with Crippen molar-refractivity contribution in [3.63, 3.8) is 0 Å². The Morgan fingerprint density at radius 3 is 2.50 bits per heavy atom.